The van der Waals surface area contributed by atoms with Crippen molar-refractivity contribution in [2.24, 2.45) is 0 Å². The number of amides is 1. The van der Waals surface area contributed by atoms with E-state index in [9.17, 15) is 9.59 Å². The maximum Gasteiger partial charge on any atom is 0.261 e. The van der Waals surface area contributed by atoms with Gasteiger partial charge in [0, 0.05) is 29.1 Å². The van der Waals surface area contributed by atoms with E-state index < -0.39 is 0 Å². The van der Waals surface area contributed by atoms with Gasteiger partial charge in [-0.25, -0.2) is 4.98 Å². The van der Waals surface area contributed by atoms with E-state index in [0.29, 0.717) is 10.9 Å². The number of thiophene rings is 1. The average Bonchev–Trinajstić information content (AvgIpc) is 3.23. The van der Waals surface area contributed by atoms with Gasteiger partial charge in [0.15, 0.2) is 0 Å². The summed E-state index contributed by atoms with van der Waals surface area (Å²) >= 11 is 1.63. The van der Waals surface area contributed by atoms with Crippen LogP contribution in [0.25, 0.3) is 21.3 Å². The molecule has 2 aromatic carbocycles. The van der Waals surface area contributed by atoms with Crippen molar-refractivity contribution in [3.8, 4) is 10.4 Å². The molecule has 27 heavy (non-hydrogen) atoms. The Balaban J connectivity index is 1.49. The zero-order valence-electron chi connectivity index (χ0n) is 14.5. The van der Waals surface area contributed by atoms with Crippen molar-refractivity contribution in [3.05, 3.63) is 82.7 Å². The Hall–Kier alpha value is -3.25. The molecule has 1 N–H and O–H groups in total. The number of hydrogen-bond donors (Lipinski definition) is 1. The SMILES string of the molecule is O=C(CCn1cnc2ccccc2c1=O)Nc1ccccc1-c1cccs1. The minimum Gasteiger partial charge on any atom is -0.325 e. The molecular formula is C21H17N3O2S. The number of fused-ring (bicyclic) bond motifs is 1. The lowest BCUT2D eigenvalue weighted by molar-refractivity contribution is -0.116. The Morgan fingerprint density at radius 3 is 2.70 bits per heavy atom. The molecule has 0 aliphatic rings. The van der Waals surface area contributed by atoms with Gasteiger partial charge in [-0.15, -0.1) is 11.3 Å². The molecule has 0 aliphatic heterocycles. The number of para-hydroxylation sites is 2. The van der Waals surface area contributed by atoms with E-state index in [1.807, 2.05) is 53.9 Å². The van der Waals surface area contributed by atoms with Gasteiger partial charge in [0.05, 0.1) is 17.2 Å². The van der Waals surface area contributed by atoms with Gasteiger partial charge in [-0.3, -0.25) is 14.2 Å². The molecule has 6 heteroatoms. The summed E-state index contributed by atoms with van der Waals surface area (Å²) in [5.74, 6) is -0.140. The Labute approximate surface area is 159 Å². The summed E-state index contributed by atoms with van der Waals surface area (Å²) in [6, 6.07) is 18.9. The lowest BCUT2D eigenvalue weighted by Crippen LogP contribution is -2.23. The van der Waals surface area contributed by atoms with E-state index in [0.717, 1.165) is 16.1 Å². The van der Waals surface area contributed by atoms with Crippen LogP contribution in [0.1, 0.15) is 6.42 Å². The van der Waals surface area contributed by atoms with Crippen LogP contribution in [-0.2, 0) is 11.3 Å². The number of aryl methyl sites for hydroxylation is 1. The molecule has 1 amide bonds. The first-order valence-electron chi connectivity index (χ1n) is 8.59. The first-order valence-corrected chi connectivity index (χ1v) is 9.47. The number of rotatable bonds is 5. The average molecular weight is 375 g/mol. The molecule has 0 saturated carbocycles. The molecule has 0 bridgehead atoms. The standard InChI is InChI=1S/C21H17N3O2S/c25-20(23-18-9-4-1-6-15(18)19-10-5-13-27-19)11-12-24-14-22-17-8-3-2-7-16(17)21(24)26/h1-10,13-14H,11-12H2,(H,23,25). The van der Waals surface area contributed by atoms with Crippen molar-refractivity contribution < 1.29 is 4.79 Å². The molecule has 0 atom stereocenters. The summed E-state index contributed by atoms with van der Waals surface area (Å²) in [6.45, 7) is 0.281. The van der Waals surface area contributed by atoms with Crippen molar-refractivity contribution in [1.29, 1.82) is 0 Å². The smallest absolute Gasteiger partial charge is 0.261 e. The van der Waals surface area contributed by atoms with E-state index in [1.54, 1.807) is 23.5 Å². The van der Waals surface area contributed by atoms with Crippen LogP contribution in [0.3, 0.4) is 0 Å². The normalized spacial score (nSPS) is 10.8. The van der Waals surface area contributed by atoms with Crippen LogP contribution >= 0.6 is 11.3 Å². The number of aromatic nitrogens is 2. The third-order valence-electron chi connectivity index (χ3n) is 4.30. The minimum atomic E-state index is -0.140. The highest BCUT2D eigenvalue weighted by molar-refractivity contribution is 7.13. The third-order valence-corrected chi connectivity index (χ3v) is 5.20. The molecule has 0 radical (unpaired) electrons. The number of anilines is 1. The Morgan fingerprint density at radius 1 is 1.04 bits per heavy atom. The number of nitrogens with zero attached hydrogens (tertiary/aromatic N) is 2. The van der Waals surface area contributed by atoms with E-state index in [4.69, 9.17) is 0 Å². The van der Waals surface area contributed by atoms with Crippen LogP contribution in [0.4, 0.5) is 5.69 Å². The van der Waals surface area contributed by atoms with Gasteiger partial charge in [-0.05, 0) is 29.6 Å². The van der Waals surface area contributed by atoms with E-state index in [1.165, 1.54) is 10.9 Å². The van der Waals surface area contributed by atoms with Gasteiger partial charge in [0.25, 0.3) is 5.56 Å². The predicted molar refractivity (Wildman–Crippen MR) is 109 cm³/mol. The van der Waals surface area contributed by atoms with Crippen LogP contribution in [0.5, 0.6) is 0 Å². The first-order chi connectivity index (χ1) is 13.2. The fraction of sp³-hybridized carbons (Fsp3) is 0.0952. The molecule has 5 nitrogen and oxygen atoms in total. The summed E-state index contributed by atoms with van der Waals surface area (Å²) in [7, 11) is 0. The Kier molecular flexibility index (Phi) is 4.80. The van der Waals surface area contributed by atoms with Gasteiger partial charge < -0.3 is 5.32 Å². The van der Waals surface area contributed by atoms with Gasteiger partial charge in [0.2, 0.25) is 5.91 Å². The number of carbonyl (C=O) groups is 1. The lowest BCUT2D eigenvalue weighted by atomic mass is 10.1. The maximum atomic E-state index is 12.5. The Bertz CT molecular complexity index is 1150. The molecule has 0 fully saturated rings. The van der Waals surface area contributed by atoms with E-state index in [2.05, 4.69) is 10.3 Å². The number of nitrogens with one attached hydrogen (secondary N) is 1. The highest BCUT2D eigenvalue weighted by Gasteiger charge is 2.10. The molecule has 2 heterocycles. The number of hydrogen-bond acceptors (Lipinski definition) is 4. The molecule has 2 aromatic heterocycles. The molecule has 0 saturated heterocycles. The highest BCUT2D eigenvalue weighted by Crippen LogP contribution is 2.31. The van der Waals surface area contributed by atoms with Crippen molar-refractivity contribution in [3.63, 3.8) is 0 Å². The summed E-state index contributed by atoms with van der Waals surface area (Å²) in [5.41, 5.74) is 2.29. The van der Waals surface area contributed by atoms with Crippen molar-refractivity contribution in [1.82, 2.24) is 9.55 Å². The van der Waals surface area contributed by atoms with Crippen molar-refractivity contribution in [2.75, 3.05) is 5.32 Å². The molecule has 4 aromatic rings. The number of benzene rings is 2. The van der Waals surface area contributed by atoms with Crippen LogP contribution in [0, 0.1) is 0 Å². The topological polar surface area (TPSA) is 64.0 Å². The van der Waals surface area contributed by atoms with Crippen molar-refractivity contribution in [2.45, 2.75) is 13.0 Å². The fourth-order valence-corrected chi connectivity index (χ4v) is 3.70. The van der Waals surface area contributed by atoms with Crippen LogP contribution in [0.15, 0.2) is 77.2 Å². The zero-order chi connectivity index (χ0) is 18.6. The number of carbonyl (C=O) groups excluding carboxylic acids is 1. The molecule has 4 rings (SSSR count). The van der Waals surface area contributed by atoms with Crippen LogP contribution in [-0.4, -0.2) is 15.5 Å². The first kappa shape index (κ1) is 17.2. The van der Waals surface area contributed by atoms with Gasteiger partial charge in [0.1, 0.15) is 0 Å². The third kappa shape index (κ3) is 3.66. The quantitative estimate of drug-likeness (QED) is 0.570. The van der Waals surface area contributed by atoms with Gasteiger partial charge >= 0.3 is 0 Å². The second-order valence-corrected chi connectivity index (χ2v) is 7.03. The molecule has 0 unspecified atom stereocenters. The second-order valence-electron chi connectivity index (χ2n) is 6.08. The van der Waals surface area contributed by atoms with Crippen LogP contribution in [0.2, 0.25) is 0 Å². The fourth-order valence-electron chi connectivity index (χ4n) is 2.94. The lowest BCUT2D eigenvalue weighted by Gasteiger charge is -2.11. The Morgan fingerprint density at radius 2 is 1.85 bits per heavy atom. The predicted octanol–water partition coefficient (Wildman–Crippen LogP) is 4.15. The van der Waals surface area contributed by atoms with Gasteiger partial charge in [-0.2, -0.15) is 0 Å². The molecule has 0 aliphatic carbocycles. The molecular weight excluding hydrogens is 358 g/mol. The summed E-state index contributed by atoms with van der Waals surface area (Å²) in [4.78, 5) is 30.3. The van der Waals surface area contributed by atoms with E-state index >= 15 is 0 Å². The summed E-state index contributed by atoms with van der Waals surface area (Å²) in [6.07, 6.45) is 1.69. The maximum absolute atomic E-state index is 12.5. The highest BCUT2D eigenvalue weighted by atomic mass is 32.1. The minimum absolute atomic E-state index is 0.132. The van der Waals surface area contributed by atoms with E-state index in [-0.39, 0.29) is 24.4 Å². The summed E-state index contributed by atoms with van der Waals surface area (Å²) < 4.78 is 1.48. The molecule has 134 valence electrons. The monoisotopic (exact) mass is 375 g/mol. The zero-order valence-corrected chi connectivity index (χ0v) is 15.3. The summed E-state index contributed by atoms with van der Waals surface area (Å²) in [5, 5.41) is 5.52. The molecule has 0 spiro atoms. The van der Waals surface area contributed by atoms with Gasteiger partial charge in [-0.1, -0.05) is 36.4 Å². The van der Waals surface area contributed by atoms with Crippen LogP contribution < -0.4 is 10.9 Å². The second kappa shape index (κ2) is 7.55. The van der Waals surface area contributed by atoms with Crippen molar-refractivity contribution >= 4 is 33.8 Å². The largest absolute Gasteiger partial charge is 0.325 e.